The van der Waals surface area contributed by atoms with Crippen molar-refractivity contribution in [2.75, 3.05) is 26.7 Å². The highest BCUT2D eigenvalue weighted by Gasteiger charge is 2.20. The summed E-state index contributed by atoms with van der Waals surface area (Å²) >= 11 is 0. The van der Waals surface area contributed by atoms with Gasteiger partial charge in [-0.3, -0.25) is 4.99 Å². The van der Waals surface area contributed by atoms with E-state index in [-0.39, 0.29) is 41.9 Å². The number of hydrogen-bond acceptors (Lipinski definition) is 2. The fourth-order valence-corrected chi connectivity index (χ4v) is 2.95. The van der Waals surface area contributed by atoms with Crippen LogP contribution in [0.15, 0.2) is 35.3 Å². The van der Waals surface area contributed by atoms with Crippen molar-refractivity contribution in [1.29, 1.82) is 0 Å². The Morgan fingerprint density at radius 2 is 1.79 bits per heavy atom. The third kappa shape index (κ3) is 8.87. The number of aliphatic imine (C=N–C) groups is 1. The molecule has 5 heteroatoms. The van der Waals surface area contributed by atoms with Crippen molar-refractivity contribution in [2.45, 2.75) is 40.0 Å². The van der Waals surface area contributed by atoms with Crippen molar-refractivity contribution in [1.82, 2.24) is 10.6 Å². The van der Waals surface area contributed by atoms with Crippen molar-refractivity contribution in [3.05, 3.63) is 35.9 Å². The normalized spacial score (nSPS) is 13.4. The van der Waals surface area contributed by atoms with Crippen LogP contribution in [0.5, 0.6) is 0 Å². The summed E-state index contributed by atoms with van der Waals surface area (Å²) in [5, 5.41) is 16.4. The highest BCUT2D eigenvalue weighted by atomic mass is 127. The van der Waals surface area contributed by atoms with Crippen molar-refractivity contribution in [3.8, 4) is 0 Å². The van der Waals surface area contributed by atoms with Crippen LogP contribution in [-0.2, 0) is 0 Å². The van der Waals surface area contributed by atoms with E-state index < -0.39 is 0 Å². The second-order valence-electron chi connectivity index (χ2n) is 7.36. The molecule has 0 fully saturated rings. The molecule has 0 spiro atoms. The Kier molecular flexibility index (Phi) is 11.3. The van der Waals surface area contributed by atoms with Gasteiger partial charge >= 0.3 is 0 Å². The molecule has 1 unspecified atom stereocenters. The monoisotopic (exact) mass is 447 g/mol. The first-order valence-corrected chi connectivity index (χ1v) is 8.48. The van der Waals surface area contributed by atoms with Gasteiger partial charge in [-0.15, -0.1) is 24.0 Å². The van der Waals surface area contributed by atoms with E-state index in [1.807, 2.05) is 30.3 Å². The fraction of sp³-hybridized carbons (Fsp3) is 0.632. The molecule has 4 nitrogen and oxygen atoms in total. The lowest BCUT2D eigenvalue weighted by atomic mass is 9.84. The smallest absolute Gasteiger partial charge is 0.191 e. The molecule has 0 amide bonds. The number of rotatable bonds is 8. The second-order valence-corrected chi connectivity index (χ2v) is 7.36. The maximum Gasteiger partial charge on any atom is 0.191 e. The highest BCUT2D eigenvalue weighted by molar-refractivity contribution is 14.0. The molecule has 0 aliphatic rings. The van der Waals surface area contributed by atoms with E-state index in [0.29, 0.717) is 12.5 Å². The Hall–Kier alpha value is -0.820. The van der Waals surface area contributed by atoms with Gasteiger partial charge < -0.3 is 15.7 Å². The third-order valence-electron chi connectivity index (χ3n) is 3.93. The average molecular weight is 447 g/mol. The van der Waals surface area contributed by atoms with Gasteiger partial charge in [0, 0.05) is 26.1 Å². The van der Waals surface area contributed by atoms with Crippen LogP contribution in [0.4, 0.5) is 0 Å². The summed E-state index contributed by atoms with van der Waals surface area (Å²) in [5.74, 6) is 1.54. The van der Waals surface area contributed by atoms with Gasteiger partial charge in [-0.1, -0.05) is 58.0 Å². The maximum absolute atomic E-state index is 9.62. The second kappa shape index (κ2) is 11.7. The van der Waals surface area contributed by atoms with Crippen LogP contribution in [0.1, 0.15) is 45.6 Å². The van der Waals surface area contributed by atoms with E-state index in [1.54, 1.807) is 7.05 Å². The fourth-order valence-electron chi connectivity index (χ4n) is 2.95. The summed E-state index contributed by atoms with van der Waals surface area (Å²) in [7, 11) is 1.78. The van der Waals surface area contributed by atoms with E-state index in [0.717, 1.165) is 18.1 Å². The minimum Gasteiger partial charge on any atom is -0.396 e. The largest absolute Gasteiger partial charge is 0.396 e. The zero-order chi connectivity index (χ0) is 17.3. The first-order chi connectivity index (χ1) is 10.9. The van der Waals surface area contributed by atoms with E-state index in [2.05, 4.69) is 43.3 Å². The van der Waals surface area contributed by atoms with Crippen LogP contribution in [0, 0.1) is 11.3 Å². The Labute approximate surface area is 164 Å². The summed E-state index contributed by atoms with van der Waals surface area (Å²) in [6.07, 6.45) is 1.17. The van der Waals surface area contributed by atoms with E-state index in [1.165, 1.54) is 6.42 Å². The van der Waals surface area contributed by atoms with Crippen molar-refractivity contribution in [3.63, 3.8) is 0 Å². The summed E-state index contributed by atoms with van der Waals surface area (Å²) in [6.45, 7) is 10.7. The van der Waals surface area contributed by atoms with E-state index in [4.69, 9.17) is 0 Å². The number of nitrogens with zero attached hydrogens (tertiary/aromatic N) is 1. The topological polar surface area (TPSA) is 56.7 Å². The molecule has 0 saturated heterocycles. The van der Waals surface area contributed by atoms with Crippen molar-refractivity contribution >= 4 is 29.9 Å². The molecule has 0 aliphatic carbocycles. The number of benzene rings is 1. The van der Waals surface area contributed by atoms with Gasteiger partial charge in [0.2, 0.25) is 0 Å². The molecular weight excluding hydrogens is 413 g/mol. The van der Waals surface area contributed by atoms with Crippen LogP contribution in [0.3, 0.4) is 0 Å². The van der Waals surface area contributed by atoms with Gasteiger partial charge in [-0.05, 0) is 23.3 Å². The Bertz CT molecular complexity index is 475. The van der Waals surface area contributed by atoms with E-state index in [9.17, 15) is 5.11 Å². The Morgan fingerprint density at radius 3 is 2.29 bits per heavy atom. The number of hydrogen-bond donors (Lipinski definition) is 3. The van der Waals surface area contributed by atoms with Gasteiger partial charge in [-0.2, -0.15) is 0 Å². The molecule has 0 bridgehead atoms. The Morgan fingerprint density at radius 1 is 1.17 bits per heavy atom. The summed E-state index contributed by atoms with van der Waals surface area (Å²) in [6, 6.07) is 10.1. The number of aliphatic hydroxyl groups excluding tert-OH is 1. The summed E-state index contributed by atoms with van der Waals surface area (Å²) in [5.41, 5.74) is 1.36. The lowest BCUT2D eigenvalue weighted by Crippen LogP contribution is -2.43. The van der Waals surface area contributed by atoms with Gasteiger partial charge in [0.05, 0.1) is 6.61 Å². The molecule has 0 saturated carbocycles. The quantitative estimate of drug-likeness (QED) is 0.324. The first kappa shape index (κ1) is 23.2. The van der Waals surface area contributed by atoms with E-state index >= 15 is 0 Å². The lowest BCUT2D eigenvalue weighted by Gasteiger charge is -2.28. The lowest BCUT2D eigenvalue weighted by molar-refractivity contribution is 0.264. The minimum absolute atomic E-state index is 0. The molecule has 138 valence electrons. The maximum atomic E-state index is 9.62. The molecule has 24 heavy (non-hydrogen) atoms. The Balaban J connectivity index is 0.00000529. The number of nitrogens with one attached hydrogen (secondary N) is 2. The van der Waals surface area contributed by atoms with Gasteiger partial charge in [0.25, 0.3) is 0 Å². The van der Waals surface area contributed by atoms with Gasteiger partial charge in [0.1, 0.15) is 0 Å². The number of halogens is 1. The average Bonchev–Trinajstić information content (AvgIpc) is 2.50. The van der Waals surface area contributed by atoms with Crippen LogP contribution >= 0.6 is 24.0 Å². The first-order valence-electron chi connectivity index (χ1n) is 8.48. The molecule has 1 rings (SSSR count). The number of aliphatic hydroxyl groups is 1. The third-order valence-corrected chi connectivity index (χ3v) is 3.93. The molecule has 1 atom stereocenters. The predicted molar refractivity (Wildman–Crippen MR) is 114 cm³/mol. The molecule has 0 aliphatic heterocycles. The molecule has 0 radical (unpaired) electrons. The standard InChI is InChI=1S/C19H33N3O.HI/c1-15(2)11-19(3,4)14-22-18(20-5)21-12-17(13-23)16-9-7-6-8-10-16;/h6-10,15,17,23H,11-14H2,1-5H3,(H2,20,21,22);1H. The molecular formula is C19H34IN3O. The predicted octanol–water partition coefficient (Wildman–Crippen LogP) is 3.62. The van der Waals surface area contributed by atoms with Gasteiger partial charge in [0.15, 0.2) is 5.96 Å². The van der Waals surface area contributed by atoms with Crippen LogP contribution in [0.2, 0.25) is 0 Å². The molecule has 1 aromatic rings. The summed E-state index contributed by atoms with van der Waals surface area (Å²) < 4.78 is 0. The minimum atomic E-state index is 0. The zero-order valence-electron chi connectivity index (χ0n) is 15.7. The molecule has 1 aromatic carbocycles. The number of guanidine groups is 1. The zero-order valence-corrected chi connectivity index (χ0v) is 18.0. The van der Waals surface area contributed by atoms with Crippen LogP contribution < -0.4 is 10.6 Å². The highest BCUT2D eigenvalue weighted by Crippen LogP contribution is 2.24. The molecule has 3 N–H and O–H groups in total. The molecule has 0 aromatic heterocycles. The van der Waals surface area contributed by atoms with Crippen molar-refractivity contribution in [2.24, 2.45) is 16.3 Å². The van der Waals surface area contributed by atoms with Crippen LogP contribution in [0.25, 0.3) is 0 Å². The van der Waals surface area contributed by atoms with Crippen molar-refractivity contribution < 1.29 is 5.11 Å². The molecule has 0 heterocycles. The SMILES string of the molecule is CN=C(NCC(CO)c1ccccc1)NCC(C)(C)CC(C)C.I. The summed E-state index contributed by atoms with van der Waals surface area (Å²) in [4.78, 5) is 4.28. The van der Waals surface area contributed by atoms with Gasteiger partial charge in [-0.25, -0.2) is 0 Å². The van der Waals surface area contributed by atoms with Crippen LogP contribution in [-0.4, -0.2) is 37.8 Å².